The second kappa shape index (κ2) is 5.43. The van der Waals surface area contributed by atoms with E-state index in [0.717, 1.165) is 22.2 Å². The van der Waals surface area contributed by atoms with Crippen LogP contribution in [0.5, 0.6) is 0 Å². The minimum atomic E-state index is -0.785. The van der Waals surface area contributed by atoms with E-state index >= 15 is 0 Å². The summed E-state index contributed by atoms with van der Waals surface area (Å²) in [6.45, 7) is 0. The second-order valence-electron chi connectivity index (χ2n) is 5.22. The highest BCUT2D eigenvalue weighted by molar-refractivity contribution is 6.31. The van der Waals surface area contributed by atoms with Gasteiger partial charge in [-0.25, -0.2) is 0 Å². The molecule has 21 heavy (non-hydrogen) atoms. The summed E-state index contributed by atoms with van der Waals surface area (Å²) in [5.41, 5.74) is 2.60. The molecule has 0 aliphatic rings. The third-order valence-electron chi connectivity index (χ3n) is 3.49. The van der Waals surface area contributed by atoms with Crippen LogP contribution in [0, 0.1) is 0 Å². The lowest BCUT2D eigenvalue weighted by Gasteiger charge is -2.14. The molecule has 0 amide bonds. The van der Waals surface area contributed by atoms with Gasteiger partial charge < -0.3 is 14.4 Å². The Bertz CT molecular complexity index is 762. The number of anilines is 1. The molecule has 4 heteroatoms. The van der Waals surface area contributed by atoms with E-state index < -0.39 is 6.10 Å². The number of rotatable bonds is 3. The van der Waals surface area contributed by atoms with Crippen LogP contribution in [0.3, 0.4) is 0 Å². The topological polar surface area (TPSA) is 36.6 Å². The minimum absolute atomic E-state index is 0.518. The predicted molar refractivity (Wildman–Crippen MR) is 86.1 cm³/mol. The Kier molecular flexibility index (Phi) is 3.62. The molecule has 1 heterocycles. The summed E-state index contributed by atoms with van der Waals surface area (Å²) >= 11 is 5.96. The van der Waals surface area contributed by atoms with Gasteiger partial charge in [-0.3, -0.25) is 0 Å². The molecule has 3 aromatic rings. The number of aliphatic hydroxyl groups excluding tert-OH is 1. The molecular formula is C17H16ClNO2. The van der Waals surface area contributed by atoms with E-state index in [0.29, 0.717) is 10.8 Å². The van der Waals surface area contributed by atoms with E-state index in [4.69, 9.17) is 16.0 Å². The molecule has 108 valence electrons. The van der Waals surface area contributed by atoms with Crippen LogP contribution in [-0.2, 0) is 0 Å². The third kappa shape index (κ3) is 2.75. The molecule has 0 bridgehead atoms. The van der Waals surface area contributed by atoms with Crippen LogP contribution < -0.4 is 4.90 Å². The molecule has 1 aromatic heterocycles. The van der Waals surface area contributed by atoms with E-state index in [-0.39, 0.29) is 0 Å². The fourth-order valence-corrected chi connectivity index (χ4v) is 2.47. The van der Waals surface area contributed by atoms with Gasteiger partial charge in [-0.05, 0) is 42.0 Å². The van der Waals surface area contributed by atoms with Gasteiger partial charge >= 0.3 is 0 Å². The van der Waals surface area contributed by atoms with Crippen molar-refractivity contribution in [3.05, 3.63) is 64.9 Å². The highest BCUT2D eigenvalue weighted by Crippen LogP contribution is 2.30. The molecule has 0 saturated carbocycles. The number of benzene rings is 2. The molecule has 0 spiro atoms. The van der Waals surface area contributed by atoms with Gasteiger partial charge in [0.25, 0.3) is 0 Å². The average Bonchev–Trinajstić information content (AvgIpc) is 2.89. The van der Waals surface area contributed by atoms with E-state index in [2.05, 4.69) is 0 Å². The van der Waals surface area contributed by atoms with Crippen LogP contribution >= 0.6 is 11.6 Å². The van der Waals surface area contributed by atoms with Crippen molar-refractivity contribution >= 4 is 28.3 Å². The lowest BCUT2D eigenvalue weighted by atomic mass is 10.1. The Hall–Kier alpha value is -1.97. The summed E-state index contributed by atoms with van der Waals surface area (Å²) in [5.74, 6) is 0.518. The number of halogens is 1. The summed E-state index contributed by atoms with van der Waals surface area (Å²) in [5, 5.41) is 12.0. The monoisotopic (exact) mass is 301 g/mol. The Morgan fingerprint density at radius 2 is 1.76 bits per heavy atom. The van der Waals surface area contributed by atoms with Gasteiger partial charge in [0.1, 0.15) is 17.4 Å². The first-order chi connectivity index (χ1) is 10.0. The molecular weight excluding hydrogens is 286 g/mol. The number of nitrogens with zero attached hydrogens (tertiary/aromatic N) is 1. The number of fused-ring (bicyclic) bond motifs is 1. The second-order valence-corrected chi connectivity index (χ2v) is 5.66. The largest absolute Gasteiger partial charge is 0.458 e. The first kappa shape index (κ1) is 14.0. The summed E-state index contributed by atoms with van der Waals surface area (Å²) in [6, 6.07) is 15.0. The standard InChI is InChI=1S/C17H16ClNO2/c1-19(2)14-6-3-11(4-7-14)17(20)16-10-12-9-13(18)5-8-15(12)21-16/h3-10,17,20H,1-2H3. The lowest BCUT2D eigenvalue weighted by Crippen LogP contribution is -2.08. The summed E-state index contributed by atoms with van der Waals surface area (Å²) in [7, 11) is 3.96. The van der Waals surface area contributed by atoms with Crippen molar-refractivity contribution in [1.82, 2.24) is 0 Å². The van der Waals surface area contributed by atoms with E-state index in [1.54, 1.807) is 6.07 Å². The molecule has 1 atom stereocenters. The maximum Gasteiger partial charge on any atom is 0.138 e. The molecule has 0 aliphatic carbocycles. The molecule has 1 N–H and O–H groups in total. The third-order valence-corrected chi connectivity index (χ3v) is 3.73. The normalized spacial score (nSPS) is 12.6. The lowest BCUT2D eigenvalue weighted by molar-refractivity contribution is 0.192. The summed E-state index contributed by atoms with van der Waals surface area (Å²) < 4.78 is 5.70. The Labute approximate surface area is 128 Å². The highest BCUT2D eigenvalue weighted by atomic mass is 35.5. The summed E-state index contributed by atoms with van der Waals surface area (Å²) in [4.78, 5) is 2.01. The van der Waals surface area contributed by atoms with Crippen molar-refractivity contribution < 1.29 is 9.52 Å². The minimum Gasteiger partial charge on any atom is -0.458 e. The van der Waals surface area contributed by atoms with Crippen LogP contribution in [0.15, 0.2) is 52.9 Å². The predicted octanol–water partition coefficient (Wildman–Crippen LogP) is 4.23. The number of hydrogen-bond donors (Lipinski definition) is 1. The van der Waals surface area contributed by atoms with Crippen molar-refractivity contribution in [2.75, 3.05) is 19.0 Å². The van der Waals surface area contributed by atoms with E-state index in [1.807, 2.05) is 61.5 Å². The Morgan fingerprint density at radius 1 is 1.05 bits per heavy atom. The number of hydrogen-bond acceptors (Lipinski definition) is 3. The van der Waals surface area contributed by atoms with Crippen LogP contribution in [0.2, 0.25) is 5.02 Å². The highest BCUT2D eigenvalue weighted by Gasteiger charge is 2.16. The SMILES string of the molecule is CN(C)c1ccc(C(O)c2cc3cc(Cl)ccc3o2)cc1. The van der Waals surface area contributed by atoms with Crippen molar-refractivity contribution in [1.29, 1.82) is 0 Å². The molecule has 0 saturated heterocycles. The van der Waals surface area contributed by atoms with Gasteiger partial charge in [-0.15, -0.1) is 0 Å². The fraction of sp³-hybridized carbons (Fsp3) is 0.176. The number of aliphatic hydroxyl groups is 1. The van der Waals surface area contributed by atoms with Crippen molar-refractivity contribution in [2.24, 2.45) is 0 Å². The van der Waals surface area contributed by atoms with Gasteiger partial charge in [0.15, 0.2) is 0 Å². The maximum absolute atomic E-state index is 10.5. The average molecular weight is 302 g/mol. The van der Waals surface area contributed by atoms with Gasteiger partial charge in [-0.2, -0.15) is 0 Å². The molecule has 3 nitrogen and oxygen atoms in total. The first-order valence-electron chi connectivity index (χ1n) is 6.69. The summed E-state index contributed by atoms with van der Waals surface area (Å²) in [6.07, 6.45) is -0.785. The van der Waals surface area contributed by atoms with Crippen LogP contribution in [0.25, 0.3) is 11.0 Å². The zero-order valence-corrected chi connectivity index (χ0v) is 12.6. The van der Waals surface area contributed by atoms with Gasteiger partial charge in [0, 0.05) is 30.2 Å². The van der Waals surface area contributed by atoms with Crippen molar-refractivity contribution in [2.45, 2.75) is 6.10 Å². The quantitative estimate of drug-likeness (QED) is 0.786. The van der Waals surface area contributed by atoms with Gasteiger partial charge in [-0.1, -0.05) is 23.7 Å². The molecule has 3 rings (SSSR count). The first-order valence-corrected chi connectivity index (χ1v) is 7.07. The Morgan fingerprint density at radius 3 is 2.43 bits per heavy atom. The molecule has 2 aromatic carbocycles. The fourth-order valence-electron chi connectivity index (χ4n) is 2.29. The van der Waals surface area contributed by atoms with Crippen molar-refractivity contribution in [3.63, 3.8) is 0 Å². The maximum atomic E-state index is 10.5. The van der Waals surface area contributed by atoms with Gasteiger partial charge in [0.2, 0.25) is 0 Å². The zero-order chi connectivity index (χ0) is 15.0. The number of furan rings is 1. The van der Waals surface area contributed by atoms with Gasteiger partial charge in [0.05, 0.1) is 0 Å². The van der Waals surface area contributed by atoms with Crippen molar-refractivity contribution in [3.8, 4) is 0 Å². The van der Waals surface area contributed by atoms with E-state index in [9.17, 15) is 5.11 Å². The molecule has 1 unspecified atom stereocenters. The smallest absolute Gasteiger partial charge is 0.138 e. The van der Waals surface area contributed by atoms with Crippen LogP contribution in [-0.4, -0.2) is 19.2 Å². The zero-order valence-electron chi connectivity index (χ0n) is 11.9. The Balaban J connectivity index is 1.93. The van der Waals surface area contributed by atoms with E-state index in [1.165, 1.54) is 0 Å². The molecule has 0 radical (unpaired) electrons. The molecule has 0 fully saturated rings. The molecule has 0 aliphatic heterocycles. The van der Waals surface area contributed by atoms with Crippen LogP contribution in [0.4, 0.5) is 5.69 Å². The van der Waals surface area contributed by atoms with Crippen LogP contribution in [0.1, 0.15) is 17.4 Å².